The SMILES string of the molecule is NC1CCCc2[nH]c(C3CCOC3)nc21. The minimum atomic E-state index is 0.140. The molecule has 1 fully saturated rings. The van der Waals surface area contributed by atoms with Crippen molar-refractivity contribution in [3.63, 3.8) is 0 Å². The molecule has 2 atom stereocenters. The van der Waals surface area contributed by atoms with Crippen molar-refractivity contribution in [1.82, 2.24) is 9.97 Å². The van der Waals surface area contributed by atoms with E-state index >= 15 is 0 Å². The van der Waals surface area contributed by atoms with Crippen LogP contribution in [0.1, 0.15) is 48.4 Å². The third-order valence-corrected chi connectivity index (χ3v) is 3.44. The Balaban J connectivity index is 1.90. The van der Waals surface area contributed by atoms with Crippen molar-refractivity contribution < 1.29 is 4.74 Å². The maximum atomic E-state index is 6.04. The summed E-state index contributed by atoms with van der Waals surface area (Å²) in [5.41, 5.74) is 8.40. The van der Waals surface area contributed by atoms with E-state index in [1.54, 1.807) is 0 Å². The van der Waals surface area contributed by atoms with Gasteiger partial charge in [-0.1, -0.05) is 0 Å². The molecule has 4 nitrogen and oxygen atoms in total. The topological polar surface area (TPSA) is 63.9 Å². The lowest BCUT2D eigenvalue weighted by Crippen LogP contribution is -2.17. The standard InChI is InChI=1S/C11H17N3O/c12-8-2-1-3-9-10(8)14-11(13-9)7-4-5-15-6-7/h7-8H,1-6,12H2,(H,13,14). The zero-order chi connectivity index (χ0) is 10.3. The Bertz CT molecular complexity index is 355. The van der Waals surface area contributed by atoms with Gasteiger partial charge in [0, 0.05) is 24.3 Å². The third kappa shape index (κ3) is 1.58. The molecule has 2 unspecified atom stereocenters. The quantitative estimate of drug-likeness (QED) is 0.728. The van der Waals surface area contributed by atoms with Crippen LogP contribution in [-0.2, 0) is 11.2 Å². The molecule has 2 aliphatic rings. The molecule has 1 saturated heterocycles. The first kappa shape index (κ1) is 9.36. The van der Waals surface area contributed by atoms with E-state index in [0.29, 0.717) is 5.92 Å². The molecule has 1 aliphatic carbocycles. The Morgan fingerprint density at radius 1 is 1.40 bits per heavy atom. The Morgan fingerprint density at radius 2 is 2.33 bits per heavy atom. The number of hydrogen-bond donors (Lipinski definition) is 2. The number of imidazole rings is 1. The van der Waals surface area contributed by atoms with E-state index in [0.717, 1.165) is 44.0 Å². The van der Waals surface area contributed by atoms with Crippen molar-refractivity contribution in [3.8, 4) is 0 Å². The van der Waals surface area contributed by atoms with Crippen molar-refractivity contribution in [2.75, 3.05) is 13.2 Å². The summed E-state index contributed by atoms with van der Waals surface area (Å²) in [6.07, 6.45) is 4.43. The number of rotatable bonds is 1. The average Bonchev–Trinajstić information content (AvgIpc) is 2.86. The zero-order valence-corrected chi connectivity index (χ0v) is 8.83. The number of H-pyrrole nitrogens is 1. The molecule has 1 aliphatic heterocycles. The lowest BCUT2D eigenvalue weighted by Gasteiger charge is -2.15. The maximum absolute atomic E-state index is 6.04. The number of ether oxygens (including phenoxy) is 1. The maximum Gasteiger partial charge on any atom is 0.112 e. The van der Waals surface area contributed by atoms with Crippen LogP contribution in [0, 0.1) is 0 Å². The molecule has 3 rings (SSSR count). The molecular formula is C11H17N3O. The van der Waals surface area contributed by atoms with Gasteiger partial charge in [-0.25, -0.2) is 4.98 Å². The highest BCUT2D eigenvalue weighted by Gasteiger charge is 2.26. The van der Waals surface area contributed by atoms with E-state index in [-0.39, 0.29) is 6.04 Å². The Labute approximate surface area is 89.2 Å². The molecule has 2 heterocycles. The number of aromatic nitrogens is 2. The first-order chi connectivity index (χ1) is 7.34. The molecule has 0 amide bonds. The van der Waals surface area contributed by atoms with Gasteiger partial charge in [0.05, 0.1) is 12.3 Å². The zero-order valence-electron chi connectivity index (χ0n) is 8.83. The summed E-state index contributed by atoms with van der Waals surface area (Å²) in [6, 6.07) is 0.140. The molecule has 0 saturated carbocycles. The number of aromatic amines is 1. The second-order valence-electron chi connectivity index (χ2n) is 4.55. The van der Waals surface area contributed by atoms with Gasteiger partial charge in [0.1, 0.15) is 5.82 Å². The van der Waals surface area contributed by atoms with Crippen LogP contribution in [0.3, 0.4) is 0 Å². The Kier molecular flexibility index (Phi) is 2.25. The van der Waals surface area contributed by atoms with Crippen LogP contribution in [0.15, 0.2) is 0 Å². The van der Waals surface area contributed by atoms with Gasteiger partial charge in [0.25, 0.3) is 0 Å². The molecule has 82 valence electrons. The minimum Gasteiger partial charge on any atom is -0.381 e. The van der Waals surface area contributed by atoms with Crippen LogP contribution in [0.25, 0.3) is 0 Å². The predicted octanol–water partition coefficient (Wildman–Crippen LogP) is 1.25. The number of fused-ring (bicyclic) bond motifs is 1. The number of aryl methyl sites for hydroxylation is 1. The highest BCUT2D eigenvalue weighted by molar-refractivity contribution is 5.22. The monoisotopic (exact) mass is 207 g/mol. The molecule has 4 heteroatoms. The van der Waals surface area contributed by atoms with E-state index in [1.807, 2.05) is 0 Å². The van der Waals surface area contributed by atoms with Gasteiger partial charge < -0.3 is 15.5 Å². The summed E-state index contributed by atoms with van der Waals surface area (Å²) in [7, 11) is 0. The fourth-order valence-corrected chi connectivity index (χ4v) is 2.52. The average molecular weight is 207 g/mol. The van der Waals surface area contributed by atoms with E-state index in [1.165, 1.54) is 12.1 Å². The van der Waals surface area contributed by atoms with Gasteiger partial charge in [-0.2, -0.15) is 0 Å². The fraction of sp³-hybridized carbons (Fsp3) is 0.727. The van der Waals surface area contributed by atoms with Crippen LogP contribution in [0.5, 0.6) is 0 Å². The Morgan fingerprint density at radius 3 is 3.07 bits per heavy atom. The second-order valence-corrected chi connectivity index (χ2v) is 4.55. The van der Waals surface area contributed by atoms with Crippen molar-refractivity contribution in [1.29, 1.82) is 0 Å². The highest BCUT2D eigenvalue weighted by atomic mass is 16.5. The van der Waals surface area contributed by atoms with Gasteiger partial charge in [-0.05, 0) is 25.7 Å². The summed E-state index contributed by atoms with van der Waals surface area (Å²) in [4.78, 5) is 8.09. The third-order valence-electron chi connectivity index (χ3n) is 3.44. The van der Waals surface area contributed by atoms with Crippen LogP contribution >= 0.6 is 0 Å². The van der Waals surface area contributed by atoms with Crippen LogP contribution in [0.4, 0.5) is 0 Å². The van der Waals surface area contributed by atoms with Crippen LogP contribution in [0.2, 0.25) is 0 Å². The summed E-state index contributed by atoms with van der Waals surface area (Å²) in [6.45, 7) is 1.67. The number of nitrogens with one attached hydrogen (secondary N) is 1. The molecule has 0 radical (unpaired) electrons. The van der Waals surface area contributed by atoms with Gasteiger partial charge in [-0.15, -0.1) is 0 Å². The molecule has 15 heavy (non-hydrogen) atoms. The lowest BCUT2D eigenvalue weighted by atomic mass is 9.97. The van der Waals surface area contributed by atoms with Crippen LogP contribution < -0.4 is 5.73 Å². The predicted molar refractivity (Wildman–Crippen MR) is 56.6 cm³/mol. The molecule has 0 bridgehead atoms. The first-order valence-electron chi connectivity index (χ1n) is 5.76. The van der Waals surface area contributed by atoms with E-state index in [2.05, 4.69) is 9.97 Å². The first-order valence-corrected chi connectivity index (χ1v) is 5.76. The van der Waals surface area contributed by atoms with Crippen molar-refractivity contribution in [2.45, 2.75) is 37.6 Å². The molecule has 1 aromatic heterocycles. The summed E-state index contributed by atoms with van der Waals surface area (Å²) >= 11 is 0. The summed E-state index contributed by atoms with van der Waals surface area (Å²) < 4.78 is 5.38. The molecule has 0 spiro atoms. The summed E-state index contributed by atoms with van der Waals surface area (Å²) in [5.74, 6) is 1.55. The Hall–Kier alpha value is -0.870. The van der Waals surface area contributed by atoms with Gasteiger partial charge in [0.2, 0.25) is 0 Å². The molecular weight excluding hydrogens is 190 g/mol. The molecule has 0 aromatic carbocycles. The second kappa shape index (κ2) is 3.61. The highest BCUT2D eigenvalue weighted by Crippen LogP contribution is 2.30. The number of nitrogens with two attached hydrogens (primary N) is 1. The largest absolute Gasteiger partial charge is 0.381 e. The van der Waals surface area contributed by atoms with E-state index < -0.39 is 0 Å². The van der Waals surface area contributed by atoms with Crippen molar-refractivity contribution >= 4 is 0 Å². The smallest absolute Gasteiger partial charge is 0.112 e. The van der Waals surface area contributed by atoms with Gasteiger partial charge in [-0.3, -0.25) is 0 Å². The summed E-state index contributed by atoms with van der Waals surface area (Å²) in [5, 5.41) is 0. The molecule has 1 aromatic rings. The van der Waals surface area contributed by atoms with Crippen molar-refractivity contribution in [3.05, 3.63) is 17.2 Å². The van der Waals surface area contributed by atoms with E-state index in [9.17, 15) is 0 Å². The number of nitrogens with zero attached hydrogens (tertiary/aromatic N) is 1. The van der Waals surface area contributed by atoms with E-state index in [4.69, 9.17) is 10.5 Å². The lowest BCUT2D eigenvalue weighted by molar-refractivity contribution is 0.193. The normalized spacial score (nSPS) is 30.5. The fourth-order valence-electron chi connectivity index (χ4n) is 2.52. The van der Waals surface area contributed by atoms with Crippen LogP contribution in [-0.4, -0.2) is 23.2 Å². The van der Waals surface area contributed by atoms with Gasteiger partial charge >= 0.3 is 0 Å². The van der Waals surface area contributed by atoms with Crippen molar-refractivity contribution in [2.24, 2.45) is 5.73 Å². The minimum absolute atomic E-state index is 0.140. The molecule has 3 N–H and O–H groups in total. The number of hydrogen-bond acceptors (Lipinski definition) is 3. The van der Waals surface area contributed by atoms with Gasteiger partial charge in [0.15, 0.2) is 0 Å².